The lowest BCUT2D eigenvalue weighted by atomic mass is 10.1. The van der Waals surface area contributed by atoms with Crippen molar-refractivity contribution in [3.8, 4) is 0 Å². The first kappa shape index (κ1) is 10.8. The molecule has 2 nitrogen and oxygen atoms in total. The van der Waals surface area contributed by atoms with Crippen LogP contribution in [0.15, 0.2) is 18.2 Å². The molecule has 0 aliphatic rings. The number of halogens is 2. The van der Waals surface area contributed by atoms with Gasteiger partial charge in [-0.2, -0.15) is 0 Å². The molecule has 0 aliphatic carbocycles. The summed E-state index contributed by atoms with van der Waals surface area (Å²) in [5.74, 6) is 5.28. The van der Waals surface area contributed by atoms with Gasteiger partial charge in [-0.1, -0.05) is 35.3 Å². The van der Waals surface area contributed by atoms with E-state index in [9.17, 15) is 0 Å². The van der Waals surface area contributed by atoms with Gasteiger partial charge >= 0.3 is 0 Å². The van der Waals surface area contributed by atoms with E-state index in [1.54, 1.807) is 6.07 Å². The zero-order chi connectivity index (χ0) is 9.84. The van der Waals surface area contributed by atoms with Crippen molar-refractivity contribution in [1.82, 2.24) is 5.43 Å². The van der Waals surface area contributed by atoms with Gasteiger partial charge in [0, 0.05) is 6.04 Å². The highest BCUT2D eigenvalue weighted by atomic mass is 35.5. The Morgan fingerprint density at radius 2 is 2.15 bits per heavy atom. The van der Waals surface area contributed by atoms with Gasteiger partial charge in [-0.3, -0.25) is 11.3 Å². The topological polar surface area (TPSA) is 38.0 Å². The van der Waals surface area contributed by atoms with Gasteiger partial charge in [0.15, 0.2) is 0 Å². The van der Waals surface area contributed by atoms with Crippen molar-refractivity contribution in [3.05, 3.63) is 33.8 Å². The molecule has 0 fully saturated rings. The highest BCUT2D eigenvalue weighted by Crippen LogP contribution is 2.26. The smallest absolute Gasteiger partial charge is 0.0624 e. The second-order valence-electron chi connectivity index (χ2n) is 2.98. The molecule has 13 heavy (non-hydrogen) atoms. The van der Waals surface area contributed by atoms with E-state index in [2.05, 4.69) is 5.43 Å². The first-order valence-electron chi connectivity index (χ1n) is 4.04. The summed E-state index contributed by atoms with van der Waals surface area (Å²) in [5, 5.41) is 1.20. The number of hydrogen-bond donors (Lipinski definition) is 2. The maximum absolute atomic E-state index is 5.99. The fourth-order valence-electron chi connectivity index (χ4n) is 1.09. The Kier molecular flexibility index (Phi) is 4.00. The number of hydrogen-bond acceptors (Lipinski definition) is 2. The minimum atomic E-state index is 0.191. The van der Waals surface area contributed by atoms with Gasteiger partial charge in [-0.05, 0) is 25.0 Å². The maximum atomic E-state index is 5.99. The van der Waals surface area contributed by atoms with E-state index >= 15 is 0 Å². The van der Waals surface area contributed by atoms with Crippen molar-refractivity contribution < 1.29 is 0 Å². The lowest BCUT2D eigenvalue weighted by molar-refractivity contribution is 0.568. The second kappa shape index (κ2) is 4.82. The summed E-state index contributed by atoms with van der Waals surface area (Å²) >= 11 is 11.9. The second-order valence-corrected chi connectivity index (χ2v) is 3.77. The lowest BCUT2D eigenvalue weighted by Gasteiger charge is -2.11. The monoisotopic (exact) mass is 218 g/mol. The van der Waals surface area contributed by atoms with Crippen molar-refractivity contribution in [2.24, 2.45) is 5.84 Å². The third-order valence-corrected chi connectivity index (χ3v) is 2.70. The summed E-state index contributed by atoms with van der Waals surface area (Å²) in [5.41, 5.74) is 3.67. The van der Waals surface area contributed by atoms with Crippen molar-refractivity contribution in [2.75, 3.05) is 0 Å². The minimum absolute atomic E-state index is 0.191. The van der Waals surface area contributed by atoms with E-state index in [0.717, 1.165) is 12.0 Å². The zero-order valence-corrected chi connectivity index (χ0v) is 8.86. The molecule has 1 aromatic carbocycles. The first-order chi connectivity index (χ1) is 6.15. The highest BCUT2D eigenvalue weighted by Gasteiger charge is 2.07. The third-order valence-electron chi connectivity index (χ3n) is 1.84. The Morgan fingerprint density at radius 1 is 1.46 bits per heavy atom. The van der Waals surface area contributed by atoms with Crippen LogP contribution in [0.3, 0.4) is 0 Å². The molecule has 1 unspecified atom stereocenters. The fourth-order valence-corrected chi connectivity index (χ4v) is 1.49. The molecule has 3 N–H and O–H groups in total. The Hall–Kier alpha value is -0.280. The molecule has 0 radical (unpaired) electrons. The van der Waals surface area contributed by atoms with E-state index in [0.29, 0.717) is 10.0 Å². The minimum Gasteiger partial charge on any atom is -0.271 e. The Morgan fingerprint density at radius 3 is 2.77 bits per heavy atom. The van der Waals surface area contributed by atoms with Crippen LogP contribution in [0.25, 0.3) is 0 Å². The predicted octanol–water partition coefficient (Wildman–Crippen LogP) is 2.39. The number of nitrogens with one attached hydrogen (secondary N) is 1. The van der Waals surface area contributed by atoms with E-state index < -0.39 is 0 Å². The van der Waals surface area contributed by atoms with Crippen molar-refractivity contribution in [3.63, 3.8) is 0 Å². The van der Waals surface area contributed by atoms with Gasteiger partial charge in [0.2, 0.25) is 0 Å². The molecular formula is C9H12Cl2N2. The normalized spacial score (nSPS) is 12.9. The standard InChI is InChI=1S/C9H12Cl2N2/c1-6(13-12)5-7-3-2-4-8(10)9(7)11/h2-4,6,13H,5,12H2,1H3. The molecule has 4 heteroatoms. The van der Waals surface area contributed by atoms with Crippen LogP contribution in [0.2, 0.25) is 10.0 Å². The molecule has 1 rings (SSSR count). The molecule has 0 bridgehead atoms. The Bertz CT molecular complexity index is 289. The summed E-state index contributed by atoms with van der Waals surface area (Å²) in [4.78, 5) is 0. The van der Waals surface area contributed by atoms with Gasteiger partial charge in [0.25, 0.3) is 0 Å². The summed E-state index contributed by atoms with van der Waals surface area (Å²) in [6, 6.07) is 5.79. The van der Waals surface area contributed by atoms with Gasteiger partial charge in [-0.25, -0.2) is 0 Å². The zero-order valence-electron chi connectivity index (χ0n) is 7.35. The molecule has 0 amide bonds. The molecule has 72 valence electrons. The number of nitrogens with two attached hydrogens (primary N) is 1. The van der Waals surface area contributed by atoms with Gasteiger partial charge < -0.3 is 0 Å². The number of hydrazine groups is 1. The van der Waals surface area contributed by atoms with Crippen LogP contribution in [-0.4, -0.2) is 6.04 Å². The molecule has 0 saturated carbocycles. The molecule has 1 aromatic rings. The third kappa shape index (κ3) is 2.85. The quantitative estimate of drug-likeness (QED) is 0.605. The van der Waals surface area contributed by atoms with Gasteiger partial charge in [-0.15, -0.1) is 0 Å². The molecular weight excluding hydrogens is 207 g/mol. The van der Waals surface area contributed by atoms with Crippen LogP contribution in [0.4, 0.5) is 0 Å². The van der Waals surface area contributed by atoms with Crippen LogP contribution >= 0.6 is 23.2 Å². The van der Waals surface area contributed by atoms with E-state index in [4.69, 9.17) is 29.0 Å². The maximum Gasteiger partial charge on any atom is 0.0624 e. The molecule has 0 saturated heterocycles. The number of benzene rings is 1. The molecule has 1 atom stereocenters. The van der Waals surface area contributed by atoms with E-state index in [1.807, 2.05) is 19.1 Å². The highest BCUT2D eigenvalue weighted by molar-refractivity contribution is 6.42. The largest absolute Gasteiger partial charge is 0.271 e. The average Bonchev–Trinajstić information content (AvgIpc) is 2.13. The van der Waals surface area contributed by atoms with Gasteiger partial charge in [0.05, 0.1) is 10.0 Å². The molecule has 0 aromatic heterocycles. The van der Waals surface area contributed by atoms with Crippen LogP contribution in [0.5, 0.6) is 0 Å². The van der Waals surface area contributed by atoms with Gasteiger partial charge in [0.1, 0.15) is 0 Å². The van der Waals surface area contributed by atoms with Crippen molar-refractivity contribution in [2.45, 2.75) is 19.4 Å². The summed E-state index contributed by atoms with van der Waals surface area (Å²) in [6.45, 7) is 1.98. The SMILES string of the molecule is CC(Cc1cccc(Cl)c1Cl)NN. The Balaban J connectivity index is 2.83. The summed E-state index contributed by atoms with van der Waals surface area (Å²) < 4.78 is 0. The molecule has 0 spiro atoms. The lowest BCUT2D eigenvalue weighted by Crippen LogP contribution is -2.34. The van der Waals surface area contributed by atoms with Crippen LogP contribution in [-0.2, 0) is 6.42 Å². The fraction of sp³-hybridized carbons (Fsp3) is 0.333. The van der Waals surface area contributed by atoms with Crippen molar-refractivity contribution in [1.29, 1.82) is 0 Å². The summed E-state index contributed by atoms with van der Waals surface area (Å²) in [6.07, 6.45) is 0.774. The first-order valence-corrected chi connectivity index (χ1v) is 4.79. The molecule has 0 heterocycles. The van der Waals surface area contributed by atoms with Crippen LogP contribution < -0.4 is 11.3 Å². The van der Waals surface area contributed by atoms with Crippen LogP contribution in [0.1, 0.15) is 12.5 Å². The predicted molar refractivity (Wildman–Crippen MR) is 57.0 cm³/mol. The van der Waals surface area contributed by atoms with E-state index in [1.165, 1.54) is 0 Å². The number of rotatable bonds is 3. The van der Waals surface area contributed by atoms with Crippen LogP contribution in [0, 0.1) is 0 Å². The summed E-state index contributed by atoms with van der Waals surface area (Å²) in [7, 11) is 0. The molecule has 0 aliphatic heterocycles. The van der Waals surface area contributed by atoms with Crippen molar-refractivity contribution >= 4 is 23.2 Å². The average molecular weight is 219 g/mol. The van der Waals surface area contributed by atoms with E-state index in [-0.39, 0.29) is 6.04 Å². The Labute approximate surface area is 88.0 Å².